The third-order valence-electron chi connectivity index (χ3n) is 2.68. The SMILES string of the molecule is CC(C)(S)CNC(=O)C(C)(CS)C(=O)NCC(C)(C)S. The van der Waals surface area contributed by atoms with Gasteiger partial charge in [0.25, 0.3) is 0 Å². The van der Waals surface area contributed by atoms with Gasteiger partial charge in [-0.2, -0.15) is 37.9 Å². The number of hydrogen-bond donors (Lipinski definition) is 5. The van der Waals surface area contributed by atoms with Gasteiger partial charge in [0, 0.05) is 28.3 Å². The summed E-state index contributed by atoms with van der Waals surface area (Å²) in [6.45, 7) is 9.89. The molecule has 0 bridgehead atoms. The molecule has 0 aliphatic rings. The molecule has 0 fully saturated rings. The van der Waals surface area contributed by atoms with E-state index < -0.39 is 5.41 Å². The highest BCUT2D eigenvalue weighted by molar-refractivity contribution is 7.82. The number of thiol groups is 3. The third-order valence-corrected chi connectivity index (χ3v) is 3.63. The summed E-state index contributed by atoms with van der Waals surface area (Å²) in [7, 11) is 0. The fraction of sp³-hybridized carbons (Fsp3) is 0.846. The van der Waals surface area contributed by atoms with Crippen molar-refractivity contribution in [2.75, 3.05) is 18.8 Å². The van der Waals surface area contributed by atoms with Crippen molar-refractivity contribution in [2.45, 2.75) is 44.1 Å². The summed E-state index contributed by atoms with van der Waals surface area (Å²) >= 11 is 12.8. The van der Waals surface area contributed by atoms with E-state index in [-0.39, 0.29) is 27.1 Å². The largest absolute Gasteiger partial charge is 0.354 e. The maximum absolute atomic E-state index is 12.2. The molecule has 2 amide bonds. The standard InChI is InChI=1S/C13H26N2O2S3/c1-11(2,19)6-14-9(16)13(5,8-18)10(17)15-7-12(3,4)20/h18-20H,6-8H2,1-5H3,(H,14,16)(H,15,17). The molecule has 0 spiro atoms. The Hall–Kier alpha value is -0.0100. The van der Waals surface area contributed by atoms with Crippen LogP contribution in [-0.4, -0.2) is 40.2 Å². The zero-order valence-corrected chi connectivity index (χ0v) is 15.5. The molecular formula is C13H26N2O2S3. The van der Waals surface area contributed by atoms with Gasteiger partial charge in [-0.15, -0.1) is 0 Å². The van der Waals surface area contributed by atoms with Gasteiger partial charge >= 0.3 is 0 Å². The monoisotopic (exact) mass is 338 g/mol. The fourth-order valence-electron chi connectivity index (χ4n) is 1.23. The van der Waals surface area contributed by atoms with Gasteiger partial charge in [0.1, 0.15) is 5.41 Å². The summed E-state index contributed by atoms with van der Waals surface area (Å²) in [5, 5.41) is 5.50. The van der Waals surface area contributed by atoms with Crippen LogP contribution in [0.2, 0.25) is 0 Å². The Labute approximate surface area is 138 Å². The number of nitrogens with one attached hydrogen (secondary N) is 2. The molecule has 0 heterocycles. The molecule has 0 radical (unpaired) electrons. The highest BCUT2D eigenvalue weighted by Gasteiger charge is 2.40. The Morgan fingerprint density at radius 3 is 1.35 bits per heavy atom. The molecule has 0 unspecified atom stereocenters. The third kappa shape index (κ3) is 7.13. The lowest BCUT2D eigenvalue weighted by molar-refractivity contribution is -0.141. The van der Waals surface area contributed by atoms with Crippen LogP contribution in [0.3, 0.4) is 0 Å². The Kier molecular flexibility index (Phi) is 7.31. The molecule has 0 aromatic rings. The molecule has 0 saturated carbocycles. The maximum Gasteiger partial charge on any atom is 0.236 e. The van der Waals surface area contributed by atoms with E-state index in [9.17, 15) is 9.59 Å². The van der Waals surface area contributed by atoms with Crippen molar-refractivity contribution in [3.05, 3.63) is 0 Å². The zero-order chi connectivity index (χ0) is 16.2. The second-order valence-corrected chi connectivity index (χ2v) is 9.22. The quantitative estimate of drug-likeness (QED) is 0.362. The molecule has 0 aromatic heterocycles. The molecule has 0 aliphatic carbocycles. The molecule has 4 nitrogen and oxygen atoms in total. The first-order valence-corrected chi connectivity index (χ1v) is 7.97. The number of hydrogen-bond acceptors (Lipinski definition) is 5. The molecule has 0 saturated heterocycles. The van der Waals surface area contributed by atoms with Crippen molar-refractivity contribution in [2.24, 2.45) is 5.41 Å². The van der Waals surface area contributed by atoms with Crippen LogP contribution in [0.1, 0.15) is 34.6 Å². The van der Waals surface area contributed by atoms with Gasteiger partial charge in [0.15, 0.2) is 0 Å². The van der Waals surface area contributed by atoms with Gasteiger partial charge in [-0.05, 0) is 34.6 Å². The maximum atomic E-state index is 12.2. The summed E-state index contributed by atoms with van der Waals surface area (Å²) < 4.78 is -0.673. The zero-order valence-electron chi connectivity index (χ0n) is 12.8. The van der Waals surface area contributed by atoms with Crippen molar-refractivity contribution in [1.29, 1.82) is 0 Å². The normalized spacial score (nSPS) is 13.0. The molecule has 0 rings (SSSR count). The van der Waals surface area contributed by atoms with Crippen LogP contribution in [0.15, 0.2) is 0 Å². The predicted molar refractivity (Wildman–Crippen MR) is 94.1 cm³/mol. The van der Waals surface area contributed by atoms with E-state index in [2.05, 4.69) is 48.5 Å². The number of carbonyl (C=O) groups excluding carboxylic acids is 2. The van der Waals surface area contributed by atoms with Crippen LogP contribution in [0.4, 0.5) is 0 Å². The highest BCUT2D eigenvalue weighted by atomic mass is 32.1. The first-order valence-electron chi connectivity index (χ1n) is 6.44. The molecule has 0 aromatic carbocycles. The molecule has 7 heteroatoms. The van der Waals surface area contributed by atoms with E-state index in [1.54, 1.807) is 6.92 Å². The second-order valence-electron chi connectivity index (χ2n) is 6.48. The van der Waals surface area contributed by atoms with Gasteiger partial charge in [0.05, 0.1) is 0 Å². The molecule has 118 valence electrons. The van der Waals surface area contributed by atoms with Gasteiger partial charge in [-0.1, -0.05) is 0 Å². The van der Waals surface area contributed by atoms with Gasteiger partial charge in [0.2, 0.25) is 11.8 Å². The van der Waals surface area contributed by atoms with E-state index in [0.717, 1.165) is 0 Å². The Balaban J connectivity index is 4.74. The summed E-state index contributed by atoms with van der Waals surface area (Å²) in [5.74, 6) is -0.557. The van der Waals surface area contributed by atoms with Crippen molar-refractivity contribution in [3.8, 4) is 0 Å². The minimum absolute atomic E-state index is 0.130. The van der Waals surface area contributed by atoms with E-state index in [1.807, 2.05) is 27.7 Å². The lowest BCUT2D eigenvalue weighted by atomic mass is 9.90. The summed E-state index contributed by atoms with van der Waals surface area (Å²) in [4.78, 5) is 24.5. The average Bonchev–Trinajstić information content (AvgIpc) is 2.29. The van der Waals surface area contributed by atoms with Gasteiger partial charge in [-0.25, -0.2) is 0 Å². The van der Waals surface area contributed by atoms with E-state index in [4.69, 9.17) is 0 Å². The van der Waals surface area contributed by atoms with Crippen molar-refractivity contribution < 1.29 is 9.59 Å². The van der Waals surface area contributed by atoms with Crippen molar-refractivity contribution >= 4 is 49.7 Å². The Bertz CT molecular complexity index is 330. The van der Waals surface area contributed by atoms with Gasteiger partial charge < -0.3 is 10.6 Å². The average molecular weight is 339 g/mol. The smallest absolute Gasteiger partial charge is 0.236 e. The predicted octanol–water partition coefficient (Wildman–Crippen LogP) is 1.57. The van der Waals surface area contributed by atoms with Crippen LogP contribution in [-0.2, 0) is 9.59 Å². The van der Waals surface area contributed by atoms with Gasteiger partial charge in [-0.3, -0.25) is 9.59 Å². The number of carbonyl (C=O) groups is 2. The molecule has 0 atom stereocenters. The number of amides is 2. The molecular weight excluding hydrogens is 312 g/mol. The van der Waals surface area contributed by atoms with Crippen LogP contribution < -0.4 is 10.6 Å². The molecule has 0 aliphatic heterocycles. The Morgan fingerprint density at radius 2 is 1.15 bits per heavy atom. The van der Waals surface area contributed by atoms with Crippen molar-refractivity contribution in [3.63, 3.8) is 0 Å². The van der Waals surface area contributed by atoms with Crippen LogP contribution in [0, 0.1) is 5.41 Å². The number of rotatable bonds is 7. The topological polar surface area (TPSA) is 58.2 Å². The second kappa shape index (κ2) is 7.31. The molecule has 20 heavy (non-hydrogen) atoms. The van der Waals surface area contributed by atoms with Crippen LogP contribution in [0.5, 0.6) is 0 Å². The minimum Gasteiger partial charge on any atom is -0.354 e. The van der Waals surface area contributed by atoms with E-state index in [1.165, 1.54) is 0 Å². The van der Waals surface area contributed by atoms with Crippen molar-refractivity contribution in [1.82, 2.24) is 10.6 Å². The lowest BCUT2D eigenvalue weighted by Gasteiger charge is -2.29. The van der Waals surface area contributed by atoms with E-state index >= 15 is 0 Å². The summed E-state index contributed by atoms with van der Waals surface area (Å²) in [6.07, 6.45) is 0. The highest BCUT2D eigenvalue weighted by Crippen LogP contribution is 2.21. The minimum atomic E-state index is -1.21. The van der Waals surface area contributed by atoms with Crippen LogP contribution in [0.25, 0.3) is 0 Å². The Morgan fingerprint density at radius 1 is 0.850 bits per heavy atom. The lowest BCUT2D eigenvalue weighted by Crippen LogP contribution is -2.53. The summed E-state index contributed by atoms with van der Waals surface area (Å²) in [6, 6.07) is 0. The van der Waals surface area contributed by atoms with E-state index in [0.29, 0.717) is 13.1 Å². The first-order chi connectivity index (χ1) is 8.82. The first kappa shape index (κ1) is 20.0. The molecule has 2 N–H and O–H groups in total. The fourth-order valence-corrected chi connectivity index (χ4v) is 1.68. The van der Waals surface area contributed by atoms with Crippen LogP contribution >= 0.6 is 37.9 Å². The summed E-state index contributed by atoms with van der Waals surface area (Å²) in [5.41, 5.74) is -1.21.